The minimum atomic E-state index is -1.10. The van der Waals surface area contributed by atoms with E-state index >= 15 is 0 Å². The summed E-state index contributed by atoms with van der Waals surface area (Å²) in [6.45, 7) is 3.74. The molecule has 0 saturated carbocycles. The summed E-state index contributed by atoms with van der Waals surface area (Å²) in [5.41, 5.74) is 0. The normalized spacial score (nSPS) is 12.6. The highest BCUT2D eigenvalue weighted by molar-refractivity contribution is 5.94. The lowest BCUT2D eigenvalue weighted by Crippen LogP contribution is -2.31. The predicted octanol–water partition coefficient (Wildman–Crippen LogP) is 1.30. The summed E-state index contributed by atoms with van der Waals surface area (Å²) >= 11 is 0. The lowest BCUT2D eigenvalue weighted by atomic mass is 9.88. The molecule has 0 fully saturated rings. The van der Waals surface area contributed by atoms with E-state index in [1.54, 1.807) is 0 Å². The van der Waals surface area contributed by atoms with Crippen molar-refractivity contribution >= 4 is 11.9 Å². The molecule has 0 radical (unpaired) electrons. The van der Waals surface area contributed by atoms with Gasteiger partial charge in [0.15, 0.2) is 5.92 Å². The molecule has 0 amide bonds. The maximum atomic E-state index is 11.1. The summed E-state index contributed by atoms with van der Waals surface area (Å²) in [4.78, 5) is 21.9. The monoisotopic (exact) mass is 188 g/mol. The van der Waals surface area contributed by atoms with Gasteiger partial charge in [0.25, 0.3) is 0 Å². The topological polar surface area (TPSA) is 63.6 Å². The Morgan fingerprint density at radius 1 is 1.31 bits per heavy atom. The van der Waals surface area contributed by atoms with Crippen LogP contribution >= 0.6 is 0 Å². The third-order valence-electron chi connectivity index (χ3n) is 2.24. The van der Waals surface area contributed by atoms with Crippen LogP contribution in [0.25, 0.3) is 0 Å². The average Bonchev–Trinajstić information content (AvgIpc) is 2.12. The van der Waals surface area contributed by atoms with Crippen molar-refractivity contribution in [1.29, 1.82) is 0 Å². The van der Waals surface area contributed by atoms with E-state index in [0.29, 0.717) is 12.8 Å². The Morgan fingerprint density at radius 2 is 1.77 bits per heavy atom. The first-order valence-electron chi connectivity index (χ1n) is 4.39. The molecule has 0 rings (SSSR count). The highest BCUT2D eigenvalue weighted by Crippen LogP contribution is 2.21. The van der Waals surface area contributed by atoms with Crippen molar-refractivity contribution in [2.45, 2.75) is 26.7 Å². The van der Waals surface area contributed by atoms with Gasteiger partial charge in [0.1, 0.15) is 0 Å². The maximum absolute atomic E-state index is 11.1. The van der Waals surface area contributed by atoms with Gasteiger partial charge in [-0.05, 0) is 5.92 Å². The van der Waals surface area contributed by atoms with E-state index in [9.17, 15) is 9.59 Å². The minimum absolute atomic E-state index is 0.134. The molecular formula is C9H16O4. The number of aliphatic carboxylic acids is 1. The SMILES string of the molecule is CCC(CC)C(C(=O)O)C(=O)OC. The second kappa shape index (κ2) is 5.56. The Kier molecular flexibility index (Phi) is 5.11. The van der Waals surface area contributed by atoms with Crippen LogP contribution in [0.5, 0.6) is 0 Å². The number of rotatable bonds is 5. The molecule has 4 nitrogen and oxygen atoms in total. The Labute approximate surface area is 77.9 Å². The van der Waals surface area contributed by atoms with E-state index < -0.39 is 17.9 Å². The number of carboxylic acids is 1. The largest absolute Gasteiger partial charge is 0.481 e. The molecule has 0 saturated heterocycles. The van der Waals surface area contributed by atoms with E-state index in [-0.39, 0.29) is 5.92 Å². The number of carbonyl (C=O) groups excluding carboxylic acids is 1. The Bertz CT molecular complexity index is 184. The standard InChI is InChI=1S/C9H16O4/c1-4-6(5-2)7(8(10)11)9(12)13-3/h6-7H,4-5H2,1-3H3,(H,10,11). The van der Waals surface area contributed by atoms with Crippen LogP contribution in [-0.2, 0) is 14.3 Å². The molecule has 76 valence electrons. The van der Waals surface area contributed by atoms with Crippen LogP contribution in [0, 0.1) is 11.8 Å². The fraction of sp³-hybridized carbons (Fsp3) is 0.778. The zero-order chi connectivity index (χ0) is 10.4. The second-order valence-corrected chi connectivity index (χ2v) is 2.92. The van der Waals surface area contributed by atoms with Gasteiger partial charge in [-0.3, -0.25) is 9.59 Å². The zero-order valence-electron chi connectivity index (χ0n) is 8.24. The van der Waals surface area contributed by atoms with Gasteiger partial charge in [-0.2, -0.15) is 0 Å². The minimum Gasteiger partial charge on any atom is -0.481 e. The lowest BCUT2D eigenvalue weighted by Gasteiger charge is -2.18. The second-order valence-electron chi connectivity index (χ2n) is 2.92. The van der Waals surface area contributed by atoms with Crippen molar-refractivity contribution in [3.05, 3.63) is 0 Å². The molecule has 13 heavy (non-hydrogen) atoms. The first kappa shape index (κ1) is 11.9. The first-order chi connectivity index (χ1) is 6.08. The van der Waals surface area contributed by atoms with Crippen molar-refractivity contribution < 1.29 is 19.4 Å². The van der Waals surface area contributed by atoms with E-state index in [1.807, 2.05) is 13.8 Å². The number of hydrogen-bond donors (Lipinski definition) is 1. The van der Waals surface area contributed by atoms with Crippen LogP contribution in [0.2, 0.25) is 0 Å². The van der Waals surface area contributed by atoms with Crippen LogP contribution in [0.1, 0.15) is 26.7 Å². The summed E-state index contributed by atoms with van der Waals surface area (Å²) < 4.78 is 4.44. The molecule has 0 aliphatic heterocycles. The van der Waals surface area contributed by atoms with Crippen LogP contribution in [-0.4, -0.2) is 24.2 Å². The van der Waals surface area contributed by atoms with Crippen molar-refractivity contribution in [2.24, 2.45) is 11.8 Å². The highest BCUT2D eigenvalue weighted by atomic mass is 16.5. The third-order valence-corrected chi connectivity index (χ3v) is 2.24. The van der Waals surface area contributed by atoms with Gasteiger partial charge in [0, 0.05) is 0 Å². The molecule has 0 aromatic carbocycles. The molecule has 4 heteroatoms. The summed E-state index contributed by atoms with van der Waals surface area (Å²) in [5.74, 6) is -2.90. The Balaban J connectivity index is 4.57. The molecule has 0 bridgehead atoms. The lowest BCUT2D eigenvalue weighted by molar-refractivity contribution is -0.159. The zero-order valence-corrected chi connectivity index (χ0v) is 8.24. The molecule has 1 atom stereocenters. The molecule has 0 aromatic heterocycles. The smallest absolute Gasteiger partial charge is 0.320 e. The average molecular weight is 188 g/mol. The fourth-order valence-electron chi connectivity index (χ4n) is 1.38. The summed E-state index contributed by atoms with van der Waals surface area (Å²) in [6, 6.07) is 0. The fourth-order valence-corrected chi connectivity index (χ4v) is 1.38. The maximum Gasteiger partial charge on any atom is 0.320 e. The van der Waals surface area contributed by atoms with Gasteiger partial charge in [0.05, 0.1) is 7.11 Å². The van der Waals surface area contributed by atoms with Gasteiger partial charge in [-0.25, -0.2) is 0 Å². The van der Waals surface area contributed by atoms with E-state index in [0.717, 1.165) is 0 Å². The first-order valence-corrected chi connectivity index (χ1v) is 4.39. The number of esters is 1. The van der Waals surface area contributed by atoms with E-state index in [1.165, 1.54) is 7.11 Å². The Hall–Kier alpha value is -1.06. The molecule has 0 aromatic rings. The molecule has 0 aliphatic carbocycles. The number of carbonyl (C=O) groups is 2. The molecule has 0 aliphatic rings. The number of ether oxygens (including phenoxy) is 1. The van der Waals surface area contributed by atoms with E-state index in [2.05, 4.69) is 4.74 Å². The van der Waals surface area contributed by atoms with Crippen LogP contribution < -0.4 is 0 Å². The molecule has 0 heterocycles. The summed E-state index contributed by atoms with van der Waals surface area (Å²) in [6.07, 6.45) is 1.34. The van der Waals surface area contributed by atoms with Crippen LogP contribution in [0.4, 0.5) is 0 Å². The molecule has 1 unspecified atom stereocenters. The van der Waals surface area contributed by atoms with Gasteiger partial charge in [-0.15, -0.1) is 0 Å². The summed E-state index contributed by atoms with van der Waals surface area (Å²) in [5, 5.41) is 8.81. The van der Waals surface area contributed by atoms with Crippen molar-refractivity contribution in [3.63, 3.8) is 0 Å². The van der Waals surface area contributed by atoms with Gasteiger partial charge < -0.3 is 9.84 Å². The van der Waals surface area contributed by atoms with Crippen molar-refractivity contribution in [2.75, 3.05) is 7.11 Å². The quantitative estimate of drug-likeness (QED) is 0.521. The number of hydrogen-bond acceptors (Lipinski definition) is 3. The molecule has 0 spiro atoms. The van der Waals surface area contributed by atoms with E-state index in [4.69, 9.17) is 5.11 Å². The van der Waals surface area contributed by atoms with Gasteiger partial charge in [-0.1, -0.05) is 26.7 Å². The summed E-state index contributed by atoms with van der Waals surface area (Å²) in [7, 11) is 1.21. The van der Waals surface area contributed by atoms with Crippen LogP contribution in [0.3, 0.4) is 0 Å². The number of methoxy groups -OCH3 is 1. The van der Waals surface area contributed by atoms with Crippen LogP contribution in [0.15, 0.2) is 0 Å². The van der Waals surface area contributed by atoms with Gasteiger partial charge >= 0.3 is 11.9 Å². The molecular weight excluding hydrogens is 172 g/mol. The van der Waals surface area contributed by atoms with Crippen molar-refractivity contribution in [3.8, 4) is 0 Å². The predicted molar refractivity (Wildman–Crippen MR) is 47.2 cm³/mol. The third kappa shape index (κ3) is 3.05. The molecule has 1 N–H and O–H groups in total. The number of carboxylic acid groups (broad SMARTS) is 1. The van der Waals surface area contributed by atoms with Gasteiger partial charge in [0.2, 0.25) is 0 Å². The Morgan fingerprint density at radius 3 is 2.00 bits per heavy atom. The highest BCUT2D eigenvalue weighted by Gasteiger charge is 2.33. The van der Waals surface area contributed by atoms with Crippen molar-refractivity contribution in [1.82, 2.24) is 0 Å².